The number of hydrogen-bond acceptors (Lipinski definition) is 6. The number of ether oxygens (including phenoxy) is 1. The van der Waals surface area contributed by atoms with Crippen LogP contribution in [0.1, 0.15) is 5.56 Å². The molecule has 1 heterocycles. The van der Waals surface area contributed by atoms with Gasteiger partial charge in [-0.2, -0.15) is 5.10 Å². The summed E-state index contributed by atoms with van der Waals surface area (Å²) in [5.74, 6) is 0.107. The zero-order chi connectivity index (χ0) is 14.8. The Hall–Kier alpha value is -2.48. The molecule has 3 N–H and O–H groups in total. The monoisotopic (exact) mass is 292 g/mol. The van der Waals surface area contributed by atoms with Crippen LogP contribution in [0.25, 0.3) is 0 Å². The Morgan fingerprint density at radius 2 is 2.10 bits per heavy atom. The molecule has 0 aliphatic heterocycles. The average Bonchev–Trinajstić information content (AvgIpc) is 2.38. The third kappa shape index (κ3) is 3.09. The molecule has 2 rings (SSSR count). The van der Waals surface area contributed by atoms with Gasteiger partial charge in [-0.15, -0.1) is 5.10 Å². The zero-order valence-corrected chi connectivity index (χ0v) is 11.4. The number of nitrogens with two attached hydrogens (primary N) is 1. The number of hydrogen-bond donors (Lipinski definition) is 2. The summed E-state index contributed by atoms with van der Waals surface area (Å²) in [6, 6.07) is 7.45. The SMILES string of the molecule is CS(=O)(=O)c1cccc(Oc2nnccc2C(=N)N)c1. The molecule has 104 valence electrons. The zero-order valence-electron chi connectivity index (χ0n) is 10.6. The molecule has 8 heteroatoms. The van der Waals surface area contributed by atoms with Gasteiger partial charge in [-0.25, -0.2) is 8.42 Å². The Bertz CT molecular complexity index is 759. The number of nitrogen functional groups attached to an aromatic ring is 1. The highest BCUT2D eigenvalue weighted by molar-refractivity contribution is 7.90. The van der Waals surface area contributed by atoms with E-state index in [2.05, 4.69) is 10.2 Å². The molecule has 0 amide bonds. The van der Waals surface area contributed by atoms with Crippen LogP contribution in [0.2, 0.25) is 0 Å². The smallest absolute Gasteiger partial charge is 0.249 e. The molecule has 1 aromatic heterocycles. The Morgan fingerprint density at radius 3 is 2.75 bits per heavy atom. The van der Waals surface area contributed by atoms with E-state index in [1.807, 2.05) is 0 Å². The summed E-state index contributed by atoms with van der Waals surface area (Å²) in [6.45, 7) is 0. The van der Waals surface area contributed by atoms with Crippen LogP contribution in [-0.2, 0) is 9.84 Å². The van der Waals surface area contributed by atoms with Gasteiger partial charge in [0.1, 0.15) is 11.6 Å². The molecule has 0 bridgehead atoms. The highest BCUT2D eigenvalue weighted by Gasteiger charge is 2.12. The summed E-state index contributed by atoms with van der Waals surface area (Å²) < 4.78 is 28.4. The van der Waals surface area contributed by atoms with E-state index in [1.165, 1.54) is 24.4 Å². The van der Waals surface area contributed by atoms with Crippen molar-refractivity contribution in [1.29, 1.82) is 5.41 Å². The first-order chi connectivity index (χ1) is 9.38. The summed E-state index contributed by atoms with van der Waals surface area (Å²) in [6.07, 6.45) is 2.49. The van der Waals surface area contributed by atoms with Gasteiger partial charge in [-0.1, -0.05) is 6.07 Å². The summed E-state index contributed by atoms with van der Waals surface area (Å²) in [5.41, 5.74) is 5.69. The van der Waals surface area contributed by atoms with Crippen LogP contribution in [-0.4, -0.2) is 30.7 Å². The second-order valence-corrected chi connectivity index (χ2v) is 6.03. The third-order valence-electron chi connectivity index (χ3n) is 2.43. The molecule has 0 spiro atoms. The van der Waals surface area contributed by atoms with E-state index in [0.717, 1.165) is 6.26 Å². The molecule has 0 fully saturated rings. The van der Waals surface area contributed by atoms with Gasteiger partial charge in [0.2, 0.25) is 5.88 Å². The fraction of sp³-hybridized carbons (Fsp3) is 0.0833. The van der Waals surface area contributed by atoms with Gasteiger partial charge in [-0.3, -0.25) is 5.41 Å². The highest BCUT2D eigenvalue weighted by Crippen LogP contribution is 2.24. The van der Waals surface area contributed by atoms with Crippen molar-refractivity contribution in [2.75, 3.05) is 6.26 Å². The number of amidine groups is 1. The Morgan fingerprint density at radius 1 is 1.35 bits per heavy atom. The molecule has 2 aromatic rings. The molecule has 0 saturated heterocycles. The van der Waals surface area contributed by atoms with Crippen LogP contribution in [0, 0.1) is 5.41 Å². The van der Waals surface area contributed by atoms with Gasteiger partial charge in [-0.05, 0) is 24.3 Å². The van der Waals surface area contributed by atoms with E-state index < -0.39 is 9.84 Å². The van der Waals surface area contributed by atoms with Crippen molar-refractivity contribution in [3.05, 3.63) is 42.1 Å². The molecular weight excluding hydrogens is 280 g/mol. The lowest BCUT2D eigenvalue weighted by molar-refractivity contribution is 0.452. The Balaban J connectivity index is 2.39. The minimum Gasteiger partial charge on any atom is -0.437 e. The van der Waals surface area contributed by atoms with Gasteiger partial charge in [0.05, 0.1) is 16.7 Å². The maximum absolute atomic E-state index is 11.5. The lowest BCUT2D eigenvalue weighted by atomic mass is 10.3. The fourth-order valence-corrected chi connectivity index (χ4v) is 2.14. The number of sulfone groups is 1. The largest absolute Gasteiger partial charge is 0.437 e. The van der Waals surface area contributed by atoms with Crippen molar-refractivity contribution < 1.29 is 13.2 Å². The number of rotatable bonds is 4. The molecule has 1 aromatic carbocycles. The minimum atomic E-state index is -3.33. The third-order valence-corrected chi connectivity index (χ3v) is 3.54. The van der Waals surface area contributed by atoms with Crippen molar-refractivity contribution >= 4 is 15.7 Å². The maximum Gasteiger partial charge on any atom is 0.249 e. The summed E-state index contributed by atoms with van der Waals surface area (Å²) in [5, 5.41) is 14.8. The molecular formula is C12H12N4O3S. The molecule has 20 heavy (non-hydrogen) atoms. The van der Waals surface area contributed by atoms with Crippen molar-refractivity contribution in [2.24, 2.45) is 5.73 Å². The van der Waals surface area contributed by atoms with E-state index in [0.29, 0.717) is 0 Å². The van der Waals surface area contributed by atoms with E-state index in [9.17, 15) is 8.42 Å². The lowest BCUT2D eigenvalue weighted by Crippen LogP contribution is -2.13. The van der Waals surface area contributed by atoms with E-state index in [-0.39, 0.29) is 27.9 Å². The summed E-state index contributed by atoms with van der Waals surface area (Å²) in [4.78, 5) is 0.128. The highest BCUT2D eigenvalue weighted by atomic mass is 32.2. The first-order valence-electron chi connectivity index (χ1n) is 5.52. The van der Waals surface area contributed by atoms with Crippen LogP contribution in [0.4, 0.5) is 0 Å². The van der Waals surface area contributed by atoms with Gasteiger partial charge in [0.15, 0.2) is 9.84 Å². The Kier molecular flexibility index (Phi) is 3.66. The quantitative estimate of drug-likeness (QED) is 0.639. The van der Waals surface area contributed by atoms with Crippen molar-refractivity contribution in [3.63, 3.8) is 0 Å². The van der Waals surface area contributed by atoms with E-state index in [4.69, 9.17) is 15.9 Å². The van der Waals surface area contributed by atoms with Gasteiger partial charge in [0.25, 0.3) is 0 Å². The van der Waals surface area contributed by atoms with E-state index >= 15 is 0 Å². The van der Waals surface area contributed by atoms with Crippen molar-refractivity contribution in [3.8, 4) is 11.6 Å². The Labute approximate surface area is 115 Å². The molecule has 7 nitrogen and oxygen atoms in total. The normalized spacial score (nSPS) is 11.1. The van der Waals surface area contributed by atoms with Crippen LogP contribution >= 0.6 is 0 Å². The predicted molar refractivity (Wildman–Crippen MR) is 72.7 cm³/mol. The first-order valence-corrected chi connectivity index (χ1v) is 7.41. The second-order valence-electron chi connectivity index (χ2n) is 4.01. The minimum absolute atomic E-state index is 0.0469. The van der Waals surface area contributed by atoms with Crippen molar-refractivity contribution in [1.82, 2.24) is 10.2 Å². The van der Waals surface area contributed by atoms with E-state index in [1.54, 1.807) is 12.1 Å². The van der Waals surface area contributed by atoms with Gasteiger partial charge in [0, 0.05) is 6.26 Å². The number of nitrogens with one attached hydrogen (secondary N) is 1. The second kappa shape index (κ2) is 5.25. The van der Waals surface area contributed by atoms with Gasteiger partial charge < -0.3 is 10.5 Å². The van der Waals surface area contributed by atoms with Crippen LogP contribution in [0.3, 0.4) is 0 Å². The predicted octanol–water partition coefficient (Wildman–Crippen LogP) is 0.956. The average molecular weight is 292 g/mol. The molecule has 0 aliphatic carbocycles. The molecule has 0 radical (unpaired) electrons. The standard InChI is InChI=1S/C12H12N4O3S/c1-20(17,18)9-4-2-3-8(7-9)19-12-10(11(13)14)5-6-15-16-12/h2-7H,1H3,(H3,13,14). The maximum atomic E-state index is 11.5. The molecule has 0 unspecified atom stereocenters. The van der Waals surface area contributed by atoms with Gasteiger partial charge >= 0.3 is 0 Å². The number of nitrogens with zero attached hydrogens (tertiary/aromatic N) is 2. The van der Waals surface area contributed by atoms with Crippen molar-refractivity contribution in [2.45, 2.75) is 4.90 Å². The molecule has 0 aliphatic rings. The topological polar surface area (TPSA) is 119 Å². The van der Waals surface area contributed by atoms with Crippen LogP contribution in [0.15, 0.2) is 41.4 Å². The summed E-state index contributed by atoms with van der Waals surface area (Å²) in [7, 11) is -3.33. The lowest BCUT2D eigenvalue weighted by Gasteiger charge is -2.08. The molecule has 0 atom stereocenters. The van der Waals surface area contributed by atoms with Crippen LogP contribution in [0.5, 0.6) is 11.6 Å². The first kappa shape index (κ1) is 13.9. The molecule has 0 saturated carbocycles. The number of benzene rings is 1. The number of aromatic nitrogens is 2. The summed E-state index contributed by atoms with van der Waals surface area (Å²) >= 11 is 0. The van der Waals surface area contributed by atoms with Crippen LogP contribution < -0.4 is 10.5 Å². The fourth-order valence-electron chi connectivity index (χ4n) is 1.48.